The monoisotopic (exact) mass is 242 g/mol. The molecule has 0 bridgehead atoms. The van der Waals surface area contributed by atoms with Gasteiger partial charge < -0.3 is 5.73 Å². The van der Waals surface area contributed by atoms with Crippen LogP contribution in [0.4, 0.5) is 0 Å². The number of hydrogen-bond donors (Lipinski definition) is 1. The molecule has 2 rings (SSSR count). The van der Waals surface area contributed by atoms with Crippen LogP contribution in [0.25, 0.3) is 0 Å². The van der Waals surface area contributed by atoms with Crippen LogP contribution in [0.15, 0.2) is 0 Å². The molecule has 0 saturated carbocycles. The van der Waals surface area contributed by atoms with Gasteiger partial charge in [0.05, 0.1) is 0 Å². The Morgan fingerprint density at radius 2 is 1.81 bits per heavy atom. The van der Waals surface area contributed by atoms with Gasteiger partial charge in [-0.25, -0.2) is 0 Å². The molecule has 0 aromatic carbocycles. The molecule has 3 heteroatoms. The second-order valence-electron chi connectivity index (χ2n) is 6.31. The Hall–Kier alpha value is 0.270. The third kappa shape index (κ3) is 2.57. The number of nitrogens with two attached hydrogens (primary N) is 1. The summed E-state index contributed by atoms with van der Waals surface area (Å²) < 4.78 is 0. The Balaban J connectivity index is 2.10. The van der Waals surface area contributed by atoms with Crippen LogP contribution in [0.2, 0.25) is 0 Å². The highest BCUT2D eigenvalue weighted by Gasteiger charge is 2.43. The molecule has 16 heavy (non-hydrogen) atoms. The van der Waals surface area contributed by atoms with Crippen LogP contribution in [-0.2, 0) is 0 Å². The van der Waals surface area contributed by atoms with Gasteiger partial charge in [-0.2, -0.15) is 11.8 Å². The number of likely N-dealkylation sites (tertiary alicyclic amines) is 1. The van der Waals surface area contributed by atoms with E-state index in [1.54, 1.807) is 0 Å². The lowest BCUT2D eigenvalue weighted by Gasteiger charge is -2.51. The molecule has 0 aliphatic carbocycles. The first kappa shape index (κ1) is 12.7. The Kier molecular flexibility index (Phi) is 3.87. The van der Waals surface area contributed by atoms with Crippen molar-refractivity contribution in [2.45, 2.75) is 45.1 Å². The van der Waals surface area contributed by atoms with Crippen LogP contribution in [0.1, 0.15) is 39.5 Å². The number of nitrogens with zero attached hydrogens (tertiary/aromatic N) is 1. The number of hydrogen-bond acceptors (Lipinski definition) is 3. The van der Waals surface area contributed by atoms with Gasteiger partial charge >= 0.3 is 0 Å². The van der Waals surface area contributed by atoms with Gasteiger partial charge in [-0.05, 0) is 43.5 Å². The largest absolute Gasteiger partial charge is 0.329 e. The topological polar surface area (TPSA) is 29.3 Å². The molecular weight excluding hydrogens is 216 g/mol. The first-order chi connectivity index (χ1) is 7.58. The van der Waals surface area contributed by atoms with Gasteiger partial charge in [0.25, 0.3) is 0 Å². The molecule has 1 atom stereocenters. The fraction of sp³-hybridized carbons (Fsp3) is 1.00. The molecule has 0 radical (unpaired) electrons. The van der Waals surface area contributed by atoms with Gasteiger partial charge in [-0.1, -0.05) is 20.3 Å². The molecule has 2 aliphatic heterocycles. The Morgan fingerprint density at radius 3 is 2.38 bits per heavy atom. The lowest BCUT2D eigenvalue weighted by Crippen LogP contribution is -2.61. The van der Waals surface area contributed by atoms with Crippen molar-refractivity contribution in [2.24, 2.45) is 11.1 Å². The number of rotatable bonds is 2. The van der Waals surface area contributed by atoms with Gasteiger partial charge in [-0.3, -0.25) is 4.90 Å². The van der Waals surface area contributed by atoms with E-state index < -0.39 is 0 Å². The molecule has 0 spiro atoms. The second-order valence-corrected chi connectivity index (χ2v) is 7.30. The minimum atomic E-state index is 0.298. The van der Waals surface area contributed by atoms with Gasteiger partial charge in [0.2, 0.25) is 0 Å². The molecule has 0 aromatic heterocycles. The standard InChI is InChI=1S/C13H26N2S/c1-12(2)8-13(9-14,11-16-10-12)15-6-4-3-5-7-15/h3-11,14H2,1-2H3. The molecule has 0 amide bonds. The summed E-state index contributed by atoms with van der Waals surface area (Å²) in [6, 6.07) is 0. The van der Waals surface area contributed by atoms with E-state index in [0.717, 1.165) is 6.54 Å². The summed E-state index contributed by atoms with van der Waals surface area (Å²) in [7, 11) is 0. The zero-order chi connectivity index (χ0) is 11.6. The molecule has 2 heterocycles. The summed E-state index contributed by atoms with van der Waals surface area (Å²) in [5, 5.41) is 0. The zero-order valence-corrected chi connectivity index (χ0v) is 11.6. The maximum Gasteiger partial charge on any atom is 0.0427 e. The molecule has 1 unspecified atom stereocenters. The van der Waals surface area contributed by atoms with Crippen molar-refractivity contribution >= 4 is 11.8 Å². The van der Waals surface area contributed by atoms with E-state index in [4.69, 9.17) is 5.73 Å². The van der Waals surface area contributed by atoms with Crippen LogP contribution < -0.4 is 5.73 Å². The van der Waals surface area contributed by atoms with E-state index in [2.05, 4.69) is 30.5 Å². The van der Waals surface area contributed by atoms with Crippen LogP contribution >= 0.6 is 11.8 Å². The molecule has 2 saturated heterocycles. The van der Waals surface area contributed by atoms with Crippen molar-refractivity contribution in [1.29, 1.82) is 0 Å². The molecule has 2 N–H and O–H groups in total. The summed E-state index contributed by atoms with van der Waals surface area (Å²) in [4.78, 5) is 2.70. The molecule has 0 aromatic rings. The Morgan fingerprint density at radius 1 is 1.12 bits per heavy atom. The third-order valence-electron chi connectivity index (χ3n) is 4.08. The zero-order valence-electron chi connectivity index (χ0n) is 10.8. The molecule has 2 nitrogen and oxygen atoms in total. The molecule has 2 aliphatic rings. The van der Waals surface area contributed by atoms with Crippen molar-refractivity contribution in [3.8, 4) is 0 Å². The first-order valence-corrected chi connectivity index (χ1v) is 7.76. The predicted molar refractivity (Wildman–Crippen MR) is 72.9 cm³/mol. The highest BCUT2D eigenvalue weighted by Crippen LogP contribution is 2.42. The normalized spacial score (nSPS) is 36.2. The average Bonchev–Trinajstić information content (AvgIpc) is 2.29. The SMILES string of the molecule is CC1(C)CSCC(CN)(N2CCCCC2)C1. The maximum atomic E-state index is 6.14. The van der Waals surface area contributed by atoms with Gasteiger partial charge in [0.15, 0.2) is 0 Å². The number of thioether (sulfide) groups is 1. The number of piperidine rings is 1. The van der Waals surface area contributed by atoms with E-state index in [0.29, 0.717) is 11.0 Å². The molecular formula is C13H26N2S. The maximum absolute atomic E-state index is 6.14. The van der Waals surface area contributed by atoms with Crippen LogP contribution in [0, 0.1) is 5.41 Å². The van der Waals surface area contributed by atoms with E-state index in [1.165, 1.54) is 50.3 Å². The average molecular weight is 242 g/mol. The lowest BCUT2D eigenvalue weighted by molar-refractivity contribution is 0.0517. The summed E-state index contributed by atoms with van der Waals surface area (Å²) in [5.74, 6) is 2.54. The first-order valence-electron chi connectivity index (χ1n) is 6.61. The lowest BCUT2D eigenvalue weighted by atomic mass is 9.78. The Labute approximate surface area is 104 Å². The third-order valence-corrected chi connectivity index (χ3v) is 5.81. The summed E-state index contributed by atoms with van der Waals surface area (Å²) in [6.07, 6.45) is 5.43. The van der Waals surface area contributed by atoms with E-state index in [1.807, 2.05) is 0 Å². The summed E-state index contributed by atoms with van der Waals surface area (Å²) >= 11 is 2.11. The fourth-order valence-corrected chi connectivity index (χ4v) is 4.88. The van der Waals surface area contributed by atoms with Crippen LogP contribution in [-0.4, -0.2) is 41.6 Å². The van der Waals surface area contributed by atoms with Crippen molar-refractivity contribution < 1.29 is 0 Å². The second kappa shape index (κ2) is 4.87. The molecule has 94 valence electrons. The highest BCUT2D eigenvalue weighted by atomic mass is 32.2. The smallest absolute Gasteiger partial charge is 0.0427 e. The van der Waals surface area contributed by atoms with Gasteiger partial charge in [0.1, 0.15) is 0 Å². The fourth-order valence-electron chi connectivity index (χ4n) is 3.34. The van der Waals surface area contributed by atoms with E-state index >= 15 is 0 Å². The van der Waals surface area contributed by atoms with Crippen LogP contribution in [0.5, 0.6) is 0 Å². The Bertz CT molecular complexity index is 236. The summed E-state index contributed by atoms with van der Waals surface area (Å²) in [6.45, 7) is 8.17. The summed E-state index contributed by atoms with van der Waals surface area (Å²) in [5.41, 5.74) is 6.89. The van der Waals surface area contributed by atoms with Gasteiger partial charge in [0, 0.05) is 17.8 Å². The van der Waals surface area contributed by atoms with Gasteiger partial charge in [-0.15, -0.1) is 0 Å². The quantitative estimate of drug-likeness (QED) is 0.806. The van der Waals surface area contributed by atoms with Crippen molar-refractivity contribution in [1.82, 2.24) is 4.90 Å². The van der Waals surface area contributed by atoms with E-state index in [9.17, 15) is 0 Å². The minimum absolute atomic E-state index is 0.298. The predicted octanol–water partition coefficient (Wildman–Crippen LogP) is 2.33. The molecule has 2 fully saturated rings. The van der Waals surface area contributed by atoms with Crippen molar-refractivity contribution in [3.05, 3.63) is 0 Å². The minimum Gasteiger partial charge on any atom is -0.329 e. The van der Waals surface area contributed by atoms with Crippen LogP contribution in [0.3, 0.4) is 0 Å². The van der Waals surface area contributed by atoms with E-state index in [-0.39, 0.29) is 0 Å². The van der Waals surface area contributed by atoms with Crippen molar-refractivity contribution in [3.63, 3.8) is 0 Å². The van der Waals surface area contributed by atoms with Crippen molar-refractivity contribution in [2.75, 3.05) is 31.1 Å². The highest BCUT2D eigenvalue weighted by molar-refractivity contribution is 7.99.